The Bertz CT molecular complexity index is 390. The molecule has 1 rings (SSSR count). The van der Waals surface area contributed by atoms with E-state index in [-0.39, 0.29) is 4.75 Å². The Hall–Kier alpha value is -1.16. The lowest BCUT2D eigenvalue weighted by Gasteiger charge is -2.12. The third-order valence-corrected chi connectivity index (χ3v) is 3.28. The topological polar surface area (TPSA) is 38.7 Å². The van der Waals surface area contributed by atoms with Crippen LogP contribution in [0.3, 0.4) is 0 Å². The van der Waals surface area contributed by atoms with E-state index in [9.17, 15) is 4.21 Å². The zero-order valence-corrected chi connectivity index (χ0v) is 10.9. The Balaban J connectivity index is 2.73. The third kappa shape index (κ3) is 3.77. The number of rotatable bonds is 3. The smallest absolute Gasteiger partial charge is 0.144 e. The highest BCUT2D eigenvalue weighted by Gasteiger charge is 2.17. The molecule has 0 amide bonds. The first-order valence-corrected chi connectivity index (χ1v) is 6.14. The summed E-state index contributed by atoms with van der Waals surface area (Å²) in [6.07, 6.45) is 1.63. The molecule has 0 N–H and O–H groups in total. The fourth-order valence-corrected chi connectivity index (χ4v) is 1.49. The molecule has 0 bridgehead atoms. The fraction of sp³-hybridized carbons (Fsp3) is 0.417. The molecule has 0 heterocycles. The van der Waals surface area contributed by atoms with E-state index in [2.05, 4.69) is 4.40 Å². The number of benzene rings is 1. The largest absolute Gasteiger partial charge is 0.497 e. The van der Waals surface area contributed by atoms with Crippen molar-refractivity contribution >= 4 is 17.2 Å². The van der Waals surface area contributed by atoms with Crippen LogP contribution in [-0.2, 0) is 11.0 Å². The second-order valence-corrected chi connectivity index (χ2v) is 6.30. The molecule has 88 valence electrons. The molecule has 1 atom stereocenters. The van der Waals surface area contributed by atoms with Crippen molar-refractivity contribution in [1.82, 2.24) is 0 Å². The predicted molar refractivity (Wildman–Crippen MR) is 68.5 cm³/mol. The molecule has 0 aliphatic carbocycles. The number of methoxy groups -OCH3 is 1. The SMILES string of the molecule is COc1ccc(/C=N/[S@](=O)C(C)(C)C)cc1. The molecule has 0 radical (unpaired) electrons. The van der Waals surface area contributed by atoms with Gasteiger partial charge in [-0.05, 0) is 50.6 Å². The fourth-order valence-electron chi connectivity index (χ4n) is 0.957. The standard InChI is InChI=1S/C12H17NO2S/c1-12(2,3)16(14)13-9-10-5-7-11(15-4)8-6-10/h5-9H,1-4H3/b13-9+/t16-/m1/s1. The summed E-state index contributed by atoms with van der Waals surface area (Å²) < 4.78 is 20.4. The summed E-state index contributed by atoms with van der Waals surface area (Å²) in [6.45, 7) is 5.69. The van der Waals surface area contributed by atoms with Crippen molar-refractivity contribution < 1.29 is 8.95 Å². The lowest BCUT2D eigenvalue weighted by molar-refractivity contribution is 0.415. The van der Waals surface area contributed by atoms with Crippen molar-refractivity contribution in [1.29, 1.82) is 0 Å². The van der Waals surface area contributed by atoms with Crippen molar-refractivity contribution in [3.8, 4) is 5.75 Å². The Morgan fingerprint density at radius 3 is 2.25 bits per heavy atom. The summed E-state index contributed by atoms with van der Waals surface area (Å²) in [5.41, 5.74) is 0.915. The maximum Gasteiger partial charge on any atom is 0.144 e. The van der Waals surface area contributed by atoms with Gasteiger partial charge >= 0.3 is 0 Å². The molecule has 0 unspecified atom stereocenters. The molecule has 3 nitrogen and oxygen atoms in total. The minimum Gasteiger partial charge on any atom is -0.497 e. The summed E-state index contributed by atoms with van der Waals surface area (Å²) in [5.74, 6) is 0.800. The van der Waals surface area contributed by atoms with E-state index >= 15 is 0 Å². The van der Waals surface area contributed by atoms with Crippen LogP contribution in [0.15, 0.2) is 28.7 Å². The third-order valence-electron chi connectivity index (χ3n) is 1.94. The second kappa shape index (κ2) is 5.25. The summed E-state index contributed by atoms with van der Waals surface area (Å²) in [6, 6.07) is 7.45. The molecule has 16 heavy (non-hydrogen) atoms. The minimum atomic E-state index is -1.21. The van der Waals surface area contributed by atoms with Gasteiger partial charge in [0.1, 0.15) is 16.7 Å². The first-order chi connectivity index (χ1) is 7.43. The van der Waals surface area contributed by atoms with Gasteiger partial charge in [0.15, 0.2) is 0 Å². The van der Waals surface area contributed by atoms with Crippen molar-refractivity contribution in [3.63, 3.8) is 0 Å². The van der Waals surface area contributed by atoms with Crippen LogP contribution in [0.4, 0.5) is 0 Å². The number of ether oxygens (including phenoxy) is 1. The van der Waals surface area contributed by atoms with E-state index < -0.39 is 11.0 Å². The van der Waals surface area contributed by atoms with E-state index in [0.29, 0.717) is 0 Å². The van der Waals surface area contributed by atoms with Gasteiger partial charge in [0.25, 0.3) is 0 Å². The highest BCUT2D eigenvalue weighted by atomic mass is 32.2. The predicted octanol–water partition coefficient (Wildman–Crippen LogP) is 2.58. The highest BCUT2D eigenvalue weighted by molar-refractivity contribution is 7.85. The summed E-state index contributed by atoms with van der Waals surface area (Å²) in [7, 11) is 0.416. The van der Waals surface area contributed by atoms with Gasteiger partial charge in [-0.1, -0.05) is 0 Å². The average Bonchev–Trinajstić information content (AvgIpc) is 2.25. The summed E-state index contributed by atoms with van der Waals surface area (Å²) >= 11 is 0. The maximum absolute atomic E-state index is 11.6. The molecule has 0 aliphatic heterocycles. The zero-order valence-electron chi connectivity index (χ0n) is 10.1. The van der Waals surface area contributed by atoms with Gasteiger partial charge in [0.05, 0.1) is 11.9 Å². The van der Waals surface area contributed by atoms with Crippen LogP contribution in [-0.4, -0.2) is 22.3 Å². The van der Waals surface area contributed by atoms with Gasteiger partial charge in [-0.15, -0.1) is 0 Å². The second-order valence-electron chi connectivity index (χ2n) is 4.37. The first kappa shape index (κ1) is 12.9. The van der Waals surface area contributed by atoms with Crippen LogP contribution < -0.4 is 4.74 Å². The van der Waals surface area contributed by atoms with Crippen LogP contribution >= 0.6 is 0 Å². The normalized spacial score (nSPS) is 14.0. The molecule has 0 spiro atoms. The molecule has 4 heteroatoms. The highest BCUT2D eigenvalue weighted by Crippen LogP contribution is 2.13. The van der Waals surface area contributed by atoms with E-state index in [1.807, 2.05) is 45.0 Å². The zero-order chi connectivity index (χ0) is 12.2. The van der Waals surface area contributed by atoms with Crippen molar-refractivity contribution in [2.45, 2.75) is 25.5 Å². The first-order valence-electron chi connectivity index (χ1n) is 5.03. The van der Waals surface area contributed by atoms with Gasteiger partial charge in [0.2, 0.25) is 0 Å². The van der Waals surface area contributed by atoms with Crippen LogP contribution in [0.1, 0.15) is 26.3 Å². The Morgan fingerprint density at radius 1 is 1.25 bits per heavy atom. The maximum atomic E-state index is 11.6. The van der Waals surface area contributed by atoms with Crippen LogP contribution in [0, 0.1) is 0 Å². The van der Waals surface area contributed by atoms with E-state index in [4.69, 9.17) is 4.74 Å². The molecule has 0 aromatic heterocycles. The van der Waals surface area contributed by atoms with Crippen LogP contribution in [0.25, 0.3) is 0 Å². The van der Waals surface area contributed by atoms with Gasteiger partial charge in [-0.25, -0.2) is 4.21 Å². The van der Waals surface area contributed by atoms with Crippen molar-refractivity contribution in [3.05, 3.63) is 29.8 Å². The van der Waals surface area contributed by atoms with Crippen molar-refractivity contribution in [2.24, 2.45) is 4.40 Å². The number of hydrogen-bond acceptors (Lipinski definition) is 2. The molecular formula is C12H17NO2S. The van der Waals surface area contributed by atoms with E-state index in [0.717, 1.165) is 11.3 Å². The minimum absolute atomic E-state index is 0.316. The monoisotopic (exact) mass is 239 g/mol. The average molecular weight is 239 g/mol. The van der Waals surface area contributed by atoms with Crippen LogP contribution in [0.5, 0.6) is 5.75 Å². The Kier molecular flexibility index (Phi) is 4.24. The lowest BCUT2D eigenvalue weighted by atomic mass is 10.2. The molecule has 1 aromatic rings. The van der Waals surface area contributed by atoms with Gasteiger partial charge < -0.3 is 4.74 Å². The molecule has 1 aromatic carbocycles. The quantitative estimate of drug-likeness (QED) is 0.760. The lowest BCUT2D eigenvalue weighted by Crippen LogP contribution is -2.19. The number of nitrogens with zero attached hydrogens (tertiary/aromatic N) is 1. The van der Waals surface area contributed by atoms with Gasteiger partial charge in [-0.3, -0.25) is 0 Å². The molecule has 0 saturated carbocycles. The van der Waals surface area contributed by atoms with Gasteiger partial charge in [0, 0.05) is 6.21 Å². The molecule has 0 saturated heterocycles. The molecule has 0 fully saturated rings. The molecular weight excluding hydrogens is 222 g/mol. The summed E-state index contributed by atoms with van der Waals surface area (Å²) in [4.78, 5) is 0. The van der Waals surface area contributed by atoms with Gasteiger partial charge in [-0.2, -0.15) is 4.40 Å². The Morgan fingerprint density at radius 2 is 1.81 bits per heavy atom. The van der Waals surface area contributed by atoms with Crippen LogP contribution in [0.2, 0.25) is 0 Å². The number of hydrogen-bond donors (Lipinski definition) is 0. The van der Waals surface area contributed by atoms with E-state index in [1.54, 1.807) is 13.3 Å². The Labute approximate surface area is 99.1 Å². The van der Waals surface area contributed by atoms with E-state index in [1.165, 1.54) is 0 Å². The van der Waals surface area contributed by atoms with Crippen molar-refractivity contribution in [2.75, 3.05) is 7.11 Å². The summed E-state index contributed by atoms with van der Waals surface area (Å²) in [5, 5.41) is 0. The molecule has 0 aliphatic rings.